The van der Waals surface area contributed by atoms with E-state index in [2.05, 4.69) is 23.3 Å². The summed E-state index contributed by atoms with van der Waals surface area (Å²) >= 11 is 0. The van der Waals surface area contributed by atoms with Gasteiger partial charge in [-0.25, -0.2) is 0 Å². The molecule has 25 heavy (non-hydrogen) atoms. The molecule has 0 saturated heterocycles. The fourth-order valence-corrected chi connectivity index (χ4v) is 2.68. The summed E-state index contributed by atoms with van der Waals surface area (Å²) in [5.41, 5.74) is 3.08. The molecule has 0 spiro atoms. The van der Waals surface area contributed by atoms with Crippen LogP contribution in [0, 0.1) is 0 Å². The van der Waals surface area contributed by atoms with Crippen molar-refractivity contribution in [2.75, 3.05) is 5.32 Å². The van der Waals surface area contributed by atoms with E-state index in [9.17, 15) is 13.2 Å². The van der Waals surface area contributed by atoms with Gasteiger partial charge in [0, 0.05) is 5.69 Å². The van der Waals surface area contributed by atoms with Crippen molar-refractivity contribution in [1.82, 2.24) is 0 Å². The van der Waals surface area contributed by atoms with E-state index in [1.165, 1.54) is 17.7 Å². The van der Waals surface area contributed by atoms with Gasteiger partial charge in [-0.3, -0.25) is 4.99 Å². The van der Waals surface area contributed by atoms with Gasteiger partial charge in [0.15, 0.2) is 0 Å². The van der Waals surface area contributed by atoms with E-state index < -0.39 is 11.7 Å². The predicted octanol–water partition coefficient (Wildman–Crippen LogP) is 5.86. The van der Waals surface area contributed by atoms with Gasteiger partial charge in [0.1, 0.15) is 0 Å². The number of halogens is 3. The largest absolute Gasteiger partial charge is 0.416 e. The summed E-state index contributed by atoms with van der Waals surface area (Å²) in [4.78, 5) is 4.53. The Morgan fingerprint density at radius 3 is 2.20 bits per heavy atom. The van der Waals surface area contributed by atoms with Crippen LogP contribution in [-0.2, 0) is 25.6 Å². The van der Waals surface area contributed by atoms with Gasteiger partial charge < -0.3 is 5.32 Å². The molecule has 0 saturated carbocycles. The number of hydrogen-bond acceptors (Lipinski definition) is 1. The molecule has 0 aliphatic rings. The Morgan fingerprint density at radius 2 is 1.60 bits per heavy atom. The first-order chi connectivity index (χ1) is 11.8. The summed E-state index contributed by atoms with van der Waals surface area (Å²) in [5, 5.41) is 3.13. The van der Waals surface area contributed by atoms with Crippen LogP contribution in [0.2, 0.25) is 0 Å². The smallest absolute Gasteiger partial charge is 0.344 e. The Bertz CT molecular complexity index is 749. The lowest BCUT2D eigenvalue weighted by atomic mass is 10.1. The zero-order chi connectivity index (χ0) is 18.4. The van der Waals surface area contributed by atoms with Crippen LogP contribution in [0.3, 0.4) is 0 Å². The maximum atomic E-state index is 12.8. The first-order valence-corrected chi connectivity index (χ1v) is 8.40. The summed E-state index contributed by atoms with van der Waals surface area (Å²) in [6, 6.07) is 11.9. The first-order valence-electron chi connectivity index (χ1n) is 8.40. The minimum atomic E-state index is -4.32. The van der Waals surface area contributed by atoms with Gasteiger partial charge in [0.05, 0.1) is 17.9 Å². The average molecular weight is 348 g/mol. The zero-order valence-corrected chi connectivity index (χ0v) is 14.7. The Labute approximate surface area is 146 Å². The molecule has 0 radical (unpaired) electrons. The molecule has 0 unspecified atom stereocenters. The summed E-state index contributed by atoms with van der Waals surface area (Å²) in [7, 11) is 0. The lowest BCUT2D eigenvalue weighted by Gasteiger charge is -2.14. The molecule has 0 aromatic heterocycles. The Hall–Kier alpha value is -2.30. The number of hydrogen-bond donors (Lipinski definition) is 1. The van der Waals surface area contributed by atoms with Crippen molar-refractivity contribution in [3.05, 3.63) is 64.7 Å². The molecule has 2 aromatic rings. The van der Waals surface area contributed by atoms with Gasteiger partial charge in [0.2, 0.25) is 0 Å². The molecule has 0 atom stereocenters. The number of amidine groups is 1. The number of nitrogens with zero attached hydrogens (tertiary/aromatic N) is 1. The zero-order valence-electron chi connectivity index (χ0n) is 14.7. The molecule has 0 fully saturated rings. The second-order valence-electron chi connectivity index (χ2n) is 5.87. The van der Waals surface area contributed by atoms with Crippen molar-refractivity contribution in [3.8, 4) is 0 Å². The number of aryl methyl sites for hydroxylation is 2. The summed E-state index contributed by atoms with van der Waals surface area (Å²) in [6.45, 7) is 6.31. The highest BCUT2D eigenvalue weighted by molar-refractivity contribution is 5.94. The van der Waals surface area contributed by atoms with Gasteiger partial charge in [-0.1, -0.05) is 38.1 Å². The normalized spacial score (nSPS) is 12.3. The summed E-state index contributed by atoms with van der Waals surface area (Å²) in [5.74, 6) is 0.681. The van der Waals surface area contributed by atoms with Crippen molar-refractivity contribution in [2.24, 2.45) is 4.99 Å². The maximum Gasteiger partial charge on any atom is 0.416 e. The predicted molar refractivity (Wildman–Crippen MR) is 97.1 cm³/mol. The summed E-state index contributed by atoms with van der Waals surface area (Å²) in [6.07, 6.45) is -2.87. The van der Waals surface area contributed by atoms with Crippen molar-refractivity contribution < 1.29 is 13.2 Å². The molecular weight excluding hydrogens is 325 g/mol. The number of alkyl halides is 3. The standard InChI is InChI=1S/C20H23F3N2/c1-4-15-8-6-7-9-17(15)13-24-14(3)25-19-11-10-18(20(21,22)23)12-16(19)5-2/h6-12H,4-5,13H2,1-3H3,(H,24,25). The van der Waals surface area contributed by atoms with Crippen molar-refractivity contribution in [1.29, 1.82) is 0 Å². The molecule has 2 nitrogen and oxygen atoms in total. The van der Waals surface area contributed by atoms with Crippen LogP contribution in [0.15, 0.2) is 47.5 Å². The lowest BCUT2D eigenvalue weighted by molar-refractivity contribution is -0.137. The molecule has 0 aliphatic heterocycles. The van der Waals surface area contributed by atoms with Crippen LogP contribution >= 0.6 is 0 Å². The minimum Gasteiger partial charge on any atom is -0.344 e. The lowest BCUT2D eigenvalue weighted by Crippen LogP contribution is -2.12. The van der Waals surface area contributed by atoms with Crippen LogP contribution in [0.1, 0.15) is 43.0 Å². The number of anilines is 1. The average Bonchev–Trinajstić information content (AvgIpc) is 2.59. The molecule has 2 aromatic carbocycles. The molecule has 134 valence electrons. The van der Waals surface area contributed by atoms with E-state index in [4.69, 9.17) is 0 Å². The van der Waals surface area contributed by atoms with Crippen LogP contribution in [-0.4, -0.2) is 5.84 Å². The topological polar surface area (TPSA) is 24.4 Å². The highest BCUT2D eigenvalue weighted by Crippen LogP contribution is 2.32. The maximum absolute atomic E-state index is 12.8. The highest BCUT2D eigenvalue weighted by Gasteiger charge is 2.30. The van der Waals surface area contributed by atoms with Crippen LogP contribution in [0.25, 0.3) is 0 Å². The SMILES string of the molecule is CCc1ccccc1CN=C(C)Nc1ccc(C(F)(F)F)cc1CC. The van der Waals surface area contributed by atoms with E-state index in [-0.39, 0.29) is 0 Å². The Balaban J connectivity index is 2.15. The third kappa shape index (κ3) is 5.08. The molecular formula is C20H23F3N2. The second kappa shape index (κ2) is 8.19. The quantitative estimate of drug-likeness (QED) is 0.531. The van der Waals surface area contributed by atoms with Gasteiger partial charge in [-0.15, -0.1) is 0 Å². The highest BCUT2D eigenvalue weighted by atomic mass is 19.4. The second-order valence-corrected chi connectivity index (χ2v) is 5.87. The molecule has 0 amide bonds. The van der Waals surface area contributed by atoms with E-state index in [1.54, 1.807) is 0 Å². The van der Waals surface area contributed by atoms with E-state index >= 15 is 0 Å². The molecule has 0 heterocycles. The van der Waals surface area contributed by atoms with Crippen LogP contribution in [0.5, 0.6) is 0 Å². The fraction of sp³-hybridized carbons (Fsp3) is 0.350. The minimum absolute atomic E-state index is 0.512. The van der Waals surface area contributed by atoms with Gasteiger partial charge >= 0.3 is 6.18 Å². The molecule has 2 rings (SSSR count). The summed E-state index contributed by atoms with van der Waals surface area (Å²) < 4.78 is 38.5. The van der Waals surface area contributed by atoms with Crippen LogP contribution < -0.4 is 5.32 Å². The molecule has 0 aliphatic carbocycles. The van der Waals surface area contributed by atoms with E-state index in [0.29, 0.717) is 30.1 Å². The number of aliphatic imine (C=N–C) groups is 1. The number of nitrogens with one attached hydrogen (secondary N) is 1. The Morgan fingerprint density at radius 1 is 0.960 bits per heavy atom. The number of benzene rings is 2. The molecule has 0 bridgehead atoms. The van der Waals surface area contributed by atoms with Gasteiger partial charge in [-0.05, 0) is 54.7 Å². The van der Waals surface area contributed by atoms with Crippen molar-refractivity contribution in [2.45, 2.75) is 46.3 Å². The van der Waals surface area contributed by atoms with E-state index in [1.807, 2.05) is 32.0 Å². The van der Waals surface area contributed by atoms with Crippen LogP contribution in [0.4, 0.5) is 18.9 Å². The number of rotatable bonds is 5. The fourth-order valence-electron chi connectivity index (χ4n) is 2.68. The molecule has 1 N–H and O–H groups in total. The first kappa shape index (κ1) is 19.0. The molecule has 5 heteroatoms. The Kier molecular flexibility index (Phi) is 6.23. The van der Waals surface area contributed by atoms with Crippen molar-refractivity contribution in [3.63, 3.8) is 0 Å². The third-order valence-corrected chi connectivity index (χ3v) is 4.11. The van der Waals surface area contributed by atoms with Gasteiger partial charge in [-0.2, -0.15) is 13.2 Å². The monoisotopic (exact) mass is 348 g/mol. The van der Waals surface area contributed by atoms with Gasteiger partial charge in [0.25, 0.3) is 0 Å². The third-order valence-electron chi connectivity index (χ3n) is 4.11. The van der Waals surface area contributed by atoms with E-state index in [0.717, 1.165) is 18.1 Å². The van der Waals surface area contributed by atoms with Crippen molar-refractivity contribution >= 4 is 11.5 Å².